The Morgan fingerprint density at radius 3 is 2.86 bits per heavy atom. The minimum Gasteiger partial charge on any atom is -0.492 e. The van der Waals surface area contributed by atoms with Crippen LogP contribution < -0.4 is 15.4 Å². The Hall–Kier alpha value is -1.44. The van der Waals surface area contributed by atoms with Crippen LogP contribution in [0.25, 0.3) is 0 Å². The molecule has 3 rings (SSSR count). The van der Waals surface area contributed by atoms with Gasteiger partial charge < -0.3 is 20.1 Å². The number of morpholine rings is 1. The lowest BCUT2D eigenvalue weighted by atomic mass is 10.1. The van der Waals surface area contributed by atoms with Gasteiger partial charge in [0.15, 0.2) is 5.96 Å². The number of nitrogens with one attached hydrogen (secondary N) is 2. The summed E-state index contributed by atoms with van der Waals surface area (Å²) >= 11 is 2.07. The summed E-state index contributed by atoms with van der Waals surface area (Å²) in [5.41, 5.74) is 1.12. The van der Waals surface area contributed by atoms with Crippen LogP contribution in [-0.4, -0.2) is 73.9 Å². The minimum absolute atomic E-state index is 0.316. The van der Waals surface area contributed by atoms with Crippen LogP contribution in [0.4, 0.5) is 0 Å². The molecule has 2 heterocycles. The van der Waals surface area contributed by atoms with Gasteiger partial charge in [0.1, 0.15) is 12.4 Å². The Morgan fingerprint density at radius 1 is 1.28 bits per heavy atom. The molecule has 7 heteroatoms. The van der Waals surface area contributed by atoms with Gasteiger partial charge in [-0.05, 0) is 38.5 Å². The van der Waals surface area contributed by atoms with Crippen molar-refractivity contribution in [1.82, 2.24) is 15.5 Å². The van der Waals surface area contributed by atoms with E-state index in [9.17, 15) is 0 Å². The van der Waals surface area contributed by atoms with E-state index in [1.807, 2.05) is 12.1 Å². The van der Waals surface area contributed by atoms with Gasteiger partial charge in [0, 0.05) is 43.0 Å². The molecular weight excluding hydrogens is 384 g/mol. The summed E-state index contributed by atoms with van der Waals surface area (Å²) in [6.45, 7) is 12.1. The Balaban J connectivity index is 1.52. The molecule has 1 atom stereocenters. The van der Waals surface area contributed by atoms with E-state index in [4.69, 9.17) is 14.5 Å². The predicted molar refractivity (Wildman–Crippen MR) is 122 cm³/mol. The van der Waals surface area contributed by atoms with Crippen LogP contribution >= 0.6 is 11.8 Å². The van der Waals surface area contributed by atoms with E-state index in [1.165, 1.54) is 18.6 Å². The minimum atomic E-state index is 0.316. The molecule has 29 heavy (non-hydrogen) atoms. The molecule has 2 aliphatic rings. The molecule has 162 valence electrons. The highest BCUT2D eigenvalue weighted by Crippen LogP contribution is 2.36. The third kappa shape index (κ3) is 7.39. The van der Waals surface area contributed by atoms with Crippen LogP contribution in [0.5, 0.6) is 5.75 Å². The van der Waals surface area contributed by atoms with Crippen molar-refractivity contribution in [2.75, 3.05) is 58.3 Å². The van der Waals surface area contributed by atoms with Crippen molar-refractivity contribution >= 4 is 17.7 Å². The van der Waals surface area contributed by atoms with Crippen LogP contribution in [0.1, 0.15) is 32.3 Å². The number of aliphatic imine (C=N–C) groups is 1. The normalized spacial score (nSPS) is 23.2. The van der Waals surface area contributed by atoms with Gasteiger partial charge in [0.05, 0.1) is 19.8 Å². The molecule has 0 aromatic heterocycles. The molecule has 0 saturated carbocycles. The maximum absolute atomic E-state index is 6.09. The fourth-order valence-corrected chi connectivity index (χ4v) is 4.88. The molecular formula is C22H36N4O2S. The van der Waals surface area contributed by atoms with E-state index in [-0.39, 0.29) is 0 Å². The summed E-state index contributed by atoms with van der Waals surface area (Å²) in [6, 6.07) is 8.22. The first-order valence-corrected chi connectivity index (χ1v) is 11.8. The van der Waals surface area contributed by atoms with Gasteiger partial charge in [0.2, 0.25) is 0 Å². The molecule has 2 aliphatic heterocycles. The van der Waals surface area contributed by atoms with Crippen LogP contribution in [0.15, 0.2) is 29.3 Å². The van der Waals surface area contributed by atoms with Crippen molar-refractivity contribution in [2.45, 2.75) is 38.0 Å². The van der Waals surface area contributed by atoms with Crippen LogP contribution in [0.3, 0.4) is 0 Å². The van der Waals surface area contributed by atoms with E-state index in [2.05, 4.69) is 53.3 Å². The molecule has 1 unspecified atom stereocenters. The van der Waals surface area contributed by atoms with E-state index in [1.54, 1.807) is 0 Å². The first-order chi connectivity index (χ1) is 14.2. The number of rotatable bonds is 9. The highest BCUT2D eigenvalue weighted by molar-refractivity contribution is 8.00. The monoisotopic (exact) mass is 420 g/mol. The first-order valence-electron chi connectivity index (χ1n) is 10.9. The average Bonchev–Trinajstić information content (AvgIpc) is 3.18. The van der Waals surface area contributed by atoms with Crippen molar-refractivity contribution in [3.05, 3.63) is 29.8 Å². The Labute approximate surface area is 179 Å². The number of nitrogens with zero attached hydrogens (tertiary/aromatic N) is 2. The zero-order valence-electron chi connectivity index (χ0n) is 17.9. The lowest BCUT2D eigenvalue weighted by Crippen LogP contribution is -2.43. The SMILES string of the molecule is CCNC(=NCc1ccccc1OCCN1CCOCC1)NCC1(C)CCCS1. The van der Waals surface area contributed by atoms with Crippen molar-refractivity contribution in [2.24, 2.45) is 4.99 Å². The number of para-hydroxylation sites is 1. The Kier molecular flexibility index (Phi) is 8.95. The van der Waals surface area contributed by atoms with Crippen molar-refractivity contribution < 1.29 is 9.47 Å². The maximum Gasteiger partial charge on any atom is 0.191 e. The zero-order chi connectivity index (χ0) is 20.4. The summed E-state index contributed by atoms with van der Waals surface area (Å²) in [5.74, 6) is 3.07. The second-order valence-electron chi connectivity index (χ2n) is 7.86. The molecule has 2 N–H and O–H groups in total. The van der Waals surface area contributed by atoms with Crippen molar-refractivity contribution in [3.8, 4) is 5.75 Å². The summed E-state index contributed by atoms with van der Waals surface area (Å²) in [6.07, 6.45) is 2.58. The molecule has 2 saturated heterocycles. The van der Waals surface area contributed by atoms with E-state index in [0.29, 0.717) is 17.9 Å². The third-order valence-electron chi connectivity index (χ3n) is 5.42. The Bertz CT molecular complexity index is 643. The lowest BCUT2D eigenvalue weighted by Gasteiger charge is -2.26. The molecule has 0 bridgehead atoms. The summed E-state index contributed by atoms with van der Waals surface area (Å²) in [4.78, 5) is 7.20. The number of benzene rings is 1. The molecule has 1 aromatic rings. The average molecular weight is 421 g/mol. The first kappa shape index (κ1) is 22.2. The van der Waals surface area contributed by atoms with E-state index >= 15 is 0 Å². The van der Waals surface area contributed by atoms with Gasteiger partial charge in [0.25, 0.3) is 0 Å². The molecule has 1 aromatic carbocycles. The van der Waals surface area contributed by atoms with Crippen LogP contribution in [-0.2, 0) is 11.3 Å². The third-order valence-corrected chi connectivity index (χ3v) is 6.96. The van der Waals surface area contributed by atoms with Gasteiger partial charge in [-0.2, -0.15) is 11.8 Å². The van der Waals surface area contributed by atoms with Crippen LogP contribution in [0.2, 0.25) is 0 Å². The zero-order valence-corrected chi connectivity index (χ0v) is 18.7. The molecule has 2 fully saturated rings. The number of ether oxygens (including phenoxy) is 2. The molecule has 0 spiro atoms. The lowest BCUT2D eigenvalue weighted by molar-refractivity contribution is 0.0322. The standard InChI is InChI=1S/C22H36N4O2S/c1-3-23-21(25-18-22(2)9-6-16-29-22)24-17-19-7-4-5-8-20(19)28-15-12-26-10-13-27-14-11-26/h4-5,7-8H,3,6,9-18H2,1-2H3,(H2,23,24,25). The van der Waals surface area contributed by atoms with Gasteiger partial charge in [-0.15, -0.1) is 0 Å². The number of hydrogen-bond acceptors (Lipinski definition) is 5. The van der Waals surface area contributed by atoms with Gasteiger partial charge >= 0.3 is 0 Å². The van der Waals surface area contributed by atoms with Crippen LogP contribution in [0, 0.1) is 0 Å². The number of thioether (sulfide) groups is 1. The van der Waals surface area contributed by atoms with Gasteiger partial charge in [-0.3, -0.25) is 4.90 Å². The summed E-state index contributed by atoms with van der Waals surface area (Å²) < 4.78 is 11.8. The highest BCUT2D eigenvalue weighted by atomic mass is 32.2. The summed E-state index contributed by atoms with van der Waals surface area (Å²) in [7, 11) is 0. The second kappa shape index (κ2) is 11.7. The molecule has 0 aliphatic carbocycles. The molecule has 0 amide bonds. The Morgan fingerprint density at radius 2 is 2.10 bits per heavy atom. The second-order valence-corrected chi connectivity index (χ2v) is 9.54. The van der Waals surface area contributed by atoms with Crippen molar-refractivity contribution in [3.63, 3.8) is 0 Å². The van der Waals surface area contributed by atoms with E-state index in [0.717, 1.165) is 63.2 Å². The molecule has 6 nitrogen and oxygen atoms in total. The number of guanidine groups is 1. The maximum atomic E-state index is 6.09. The predicted octanol–water partition coefficient (Wildman–Crippen LogP) is 2.74. The smallest absolute Gasteiger partial charge is 0.191 e. The quantitative estimate of drug-likeness (QED) is 0.473. The highest BCUT2D eigenvalue weighted by Gasteiger charge is 2.29. The fraction of sp³-hybridized carbons (Fsp3) is 0.682. The summed E-state index contributed by atoms with van der Waals surface area (Å²) in [5, 5.41) is 6.91. The largest absolute Gasteiger partial charge is 0.492 e. The van der Waals surface area contributed by atoms with E-state index < -0.39 is 0 Å². The topological polar surface area (TPSA) is 58.1 Å². The number of hydrogen-bond donors (Lipinski definition) is 2. The van der Waals surface area contributed by atoms with Crippen molar-refractivity contribution in [1.29, 1.82) is 0 Å². The van der Waals surface area contributed by atoms with Gasteiger partial charge in [-0.1, -0.05) is 18.2 Å². The molecule has 0 radical (unpaired) electrons. The fourth-order valence-electron chi connectivity index (χ4n) is 3.64. The van der Waals surface area contributed by atoms with Gasteiger partial charge in [-0.25, -0.2) is 4.99 Å².